The number of rotatable bonds is 10. The van der Waals surface area contributed by atoms with Crippen molar-refractivity contribution >= 4 is 52.0 Å². The lowest BCUT2D eigenvalue weighted by molar-refractivity contribution is -0.126. The van der Waals surface area contributed by atoms with Crippen LogP contribution in [0.2, 0.25) is 0 Å². The number of nitrogens with one attached hydrogen (secondary N) is 2. The van der Waals surface area contributed by atoms with Crippen LogP contribution < -0.4 is 15.6 Å². The van der Waals surface area contributed by atoms with E-state index in [9.17, 15) is 9.59 Å². The molecule has 2 aromatic carbocycles. The number of carbonyl (C=O) groups is 2. The lowest BCUT2D eigenvalue weighted by atomic mass is 10.2. The smallest absolute Gasteiger partial charge is 0.249 e. The predicted octanol–water partition coefficient (Wildman–Crippen LogP) is 3.40. The Morgan fingerprint density at radius 1 is 1.03 bits per heavy atom. The minimum absolute atomic E-state index is 0.338. The molecule has 31 heavy (non-hydrogen) atoms. The molecule has 2 N–H and O–H groups in total. The van der Waals surface area contributed by atoms with E-state index >= 15 is 0 Å². The van der Waals surface area contributed by atoms with E-state index in [2.05, 4.69) is 50.6 Å². The van der Waals surface area contributed by atoms with Gasteiger partial charge in [0.2, 0.25) is 11.8 Å². The van der Waals surface area contributed by atoms with Crippen LogP contribution in [0, 0.1) is 26.2 Å². The van der Waals surface area contributed by atoms with Crippen LogP contribution in [0.1, 0.15) is 24.8 Å². The standard InChI is InChI=1S/C22H21IN6O2/c23-19-14-17(8-9-20(19)29(12-4-10-24)13-5-11-25)16-26-28-22(31)15-21(30)27-18-6-2-1-3-7-18/h1-3,6-9,14,16H,4-5,12-13,15H2,(H,27,30)(H,28,31). The van der Waals surface area contributed by atoms with Crippen molar-refractivity contribution in [2.24, 2.45) is 5.10 Å². The Labute approximate surface area is 194 Å². The van der Waals surface area contributed by atoms with Crippen LogP contribution in [0.4, 0.5) is 11.4 Å². The normalized spacial score (nSPS) is 10.2. The van der Waals surface area contributed by atoms with Crippen molar-refractivity contribution in [1.82, 2.24) is 5.43 Å². The maximum atomic E-state index is 11.9. The van der Waals surface area contributed by atoms with Crippen molar-refractivity contribution in [3.8, 4) is 12.1 Å². The summed E-state index contributed by atoms with van der Waals surface area (Å²) in [6.45, 7) is 1.09. The van der Waals surface area contributed by atoms with E-state index in [1.54, 1.807) is 24.3 Å². The first-order valence-corrected chi connectivity index (χ1v) is 10.6. The monoisotopic (exact) mass is 528 g/mol. The highest BCUT2D eigenvalue weighted by Crippen LogP contribution is 2.24. The van der Waals surface area contributed by atoms with Crippen molar-refractivity contribution in [3.05, 3.63) is 57.7 Å². The number of nitrogens with zero attached hydrogens (tertiary/aromatic N) is 4. The van der Waals surface area contributed by atoms with Gasteiger partial charge in [-0.2, -0.15) is 15.6 Å². The van der Waals surface area contributed by atoms with Gasteiger partial charge in [-0.25, -0.2) is 5.43 Å². The van der Waals surface area contributed by atoms with Gasteiger partial charge in [-0.05, 0) is 52.4 Å². The molecule has 0 aliphatic rings. The van der Waals surface area contributed by atoms with Gasteiger partial charge in [-0.15, -0.1) is 0 Å². The molecule has 8 nitrogen and oxygen atoms in total. The lowest BCUT2D eigenvalue weighted by Gasteiger charge is -2.24. The van der Waals surface area contributed by atoms with E-state index in [0.29, 0.717) is 31.6 Å². The molecule has 2 rings (SSSR count). The minimum atomic E-state index is -0.518. The van der Waals surface area contributed by atoms with Crippen LogP contribution >= 0.6 is 22.6 Å². The van der Waals surface area contributed by atoms with Gasteiger partial charge in [-0.3, -0.25) is 9.59 Å². The summed E-state index contributed by atoms with van der Waals surface area (Å²) in [6.07, 6.45) is 1.90. The largest absolute Gasteiger partial charge is 0.369 e. The van der Waals surface area contributed by atoms with E-state index in [1.807, 2.05) is 29.2 Å². The Morgan fingerprint density at radius 3 is 2.32 bits per heavy atom. The van der Waals surface area contributed by atoms with Gasteiger partial charge in [0.1, 0.15) is 6.42 Å². The number of benzene rings is 2. The Kier molecular flexibility index (Phi) is 9.98. The zero-order valence-corrected chi connectivity index (χ0v) is 18.9. The molecule has 0 aromatic heterocycles. The van der Waals surface area contributed by atoms with Crippen LogP contribution in [0.15, 0.2) is 53.6 Å². The molecule has 0 spiro atoms. The molecule has 0 bridgehead atoms. The summed E-state index contributed by atoms with van der Waals surface area (Å²) in [5, 5.41) is 24.2. The first-order chi connectivity index (χ1) is 15.0. The third-order valence-corrected chi connectivity index (χ3v) is 4.95. The Balaban J connectivity index is 1.91. The van der Waals surface area contributed by atoms with E-state index in [4.69, 9.17) is 10.5 Å². The highest BCUT2D eigenvalue weighted by molar-refractivity contribution is 14.1. The first-order valence-electron chi connectivity index (χ1n) is 9.48. The van der Waals surface area contributed by atoms with Gasteiger partial charge >= 0.3 is 0 Å². The van der Waals surface area contributed by atoms with Gasteiger partial charge in [0.05, 0.1) is 36.9 Å². The predicted molar refractivity (Wildman–Crippen MR) is 127 cm³/mol. The summed E-state index contributed by atoms with van der Waals surface area (Å²) in [6, 6.07) is 18.8. The molecule has 0 saturated heterocycles. The second-order valence-electron chi connectivity index (χ2n) is 6.40. The van der Waals surface area contributed by atoms with Crippen LogP contribution in [0.25, 0.3) is 0 Å². The van der Waals surface area contributed by atoms with Gasteiger partial charge in [0.15, 0.2) is 0 Å². The molecule has 9 heteroatoms. The highest BCUT2D eigenvalue weighted by atomic mass is 127. The number of carbonyl (C=O) groups excluding carboxylic acids is 2. The third kappa shape index (κ3) is 8.44. The average Bonchev–Trinajstić information content (AvgIpc) is 2.75. The van der Waals surface area contributed by atoms with Crippen molar-refractivity contribution < 1.29 is 9.59 Å². The van der Waals surface area contributed by atoms with E-state index in [1.165, 1.54) is 6.21 Å². The molecule has 0 fully saturated rings. The molecule has 0 saturated carbocycles. The number of hydrogen-bond acceptors (Lipinski definition) is 6. The van der Waals surface area contributed by atoms with Crippen molar-refractivity contribution in [3.63, 3.8) is 0 Å². The zero-order valence-electron chi connectivity index (χ0n) is 16.7. The topological polar surface area (TPSA) is 121 Å². The van der Waals surface area contributed by atoms with Crippen LogP contribution in [-0.4, -0.2) is 31.1 Å². The molecule has 0 unspecified atom stereocenters. The Morgan fingerprint density at radius 2 is 1.71 bits per heavy atom. The molecular weight excluding hydrogens is 507 g/mol. The third-order valence-electron chi connectivity index (χ3n) is 4.08. The van der Waals surface area contributed by atoms with Gasteiger partial charge < -0.3 is 10.2 Å². The average molecular weight is 528 g/mol. The molecule has 0 radical (unpaired) electrons. The summed E-state index contributed by atoms with van der Waals surface area (Å²) in [7, 11) is 0. The van der Waals surface area contributed by atoms with Crippen molar-refractivity contribution in [2.75, 3.05) is 23.3 Å². The fourth-order valence-electron chi connectivity index (χ4n) is 2.67. The Hall–Kier alpha value is -3.44. The van der Waals surface area contributed by atoms with Crippen molar-refractivity contribution in [2.45, 2.75) is 19.3 Å². The number of anilines is 2. The van der Waals surface area contributed by atoms with Gasteiger partial charge in [0, 0.05) is 22.3 Å². The molecule has 2 amide bonds. The SMILES string of the molecule is N#CCCN(CCC#N)c1ccc(C=NNC(=O)CC(=O)Nc2ccccc2)cc1I. The maximum Gasteiger partial charge on any atom is 0.249 e. The molecule has 0 atom stereocenters. The quantitative estimate of drug-likeness (QED) is 0.212. The van der Waals surface area contributed by atoms with E-state index in [-0.39, 0.29) is 6.42 Å². The van der Waals surface area contributed by atoms with Crippen LogP contribution in [-0.2, 0) is 9.59 Å². The fourth-order valence-corrected chi connectivity index (χ4v) is 3.55. The van der Waals surface area contributed by atoms with Crippen molar-refractivity contribution in [1.29, 1.82) is 10.5 Å². The van der Waals surface area contributed by atoms with Gasteiger partial charge in [0.25, 0.3) is 0 Å². The number of nitriles is 2. The van der Waals surface area contributed by atoms with Gasteiger partial charge in [-0.1, -0.05) is 24.3 Å². The highest BCUT2D eigenvalue weighted by Gasteiger charge is 2.11. The molecular formula is C22H21IN6O2. The summed E-state index contributed by atoms with van der Waals surface area (Å²) in [5.41, 5.74) is 4.67. The zero-order chi connectivity index (χ0) is 22.5. The summed E-state index contributed by atoms with van der Waals surface area (Å²) in [4.78, 5) is 25.8. The number of hydrazone groups is 1. The Bertz CT molecular complexity index is 993. The van der Waals surface area contributed by atoms with E-state index < -0.39 is 11.8 Å². The second-order valence-corrected chi connectivity index (χ2v) is 7.56. The first kappa shape index (κ1) is 23.8. The molecule has 0 aliphatic carbocycles. The van der Waals surface area contributed by atoms with E-state index in [0.717, 1.165) is 14.8 Å². The molecule has 0 aliphatic heterocycles. The summed E-state index contributed by atoms with van der Waals surface area (Å²) >= 11 is 2.19. The molecule has 158 valence electrons. The number of hydrogen-bond donors (Lipinski definition) is 2. The van der Waals surface area contributed by atoms with Crippen LogP contribution in [0.3, 0.4) is 0 Å². The summed E-state index contributed by atoms with van der Waals surface area (Å²) in [5.74, 6) is -0.942. The molecule has 0 heterocycles. The molecule has 2 aromatic rings. The number of para-hydroxylation sites is 1. The number of halogens is 1. The lowest BCUT2D eigenvalue weighted by Crippen LogP contribution is -2.26. The van der Waals surface area contributed by atoms with Crippen LogP contribution in [0.5, 0.6) is 0 Å². The maximum absolute atomic E-state index is 11.9. The number of amides is 2. The minimum Gasteiger partial charge on any atom is -0.369 e. The second kappa shape index (κ2) is 13.0. The fraction of sp³-hybridized carbons (Fsp3) is 0.227. The summed E-state index contributed by atoms with van der Waals surface area (Å²) < 4.78 is 0.936.